The van der Waals surface area contributed by atoms with Crippen molar-refractivity contribution in [3.63, 3.8) is 0 Å². The topological polar surface area (TPSA) is 35.1 Å². The third-order valence-corrected chi connectivity index (χ3v) is 5.63. The minimum Gasteiger partial charge on any atom is -0.487 e. The fourth-order valence-corrected chi connectivity index (χ4v) is 3.94. The smallest absolute Gasteiger partial charge is 0.171 e. The molecule has 0 bridgehead atoms. The molecule has 0 aromatic carbocycles. The van der Waals surface area contributed by atoms with Gasteiger partial charge in [-0.05, 0) is 20.9 Å². The Hall–Kier alpha value is -1.53. The lowest BCUT2D eigenvalue weighted by molar-refractivity contribution is 0.140. The van der Waals surface area contributed by atoms with Crippen LogP contribution in [0.1, 0.15) is 13.8 Å². The Morgan fingerprint density at radius 2 is 1.92 bits per heavy atom. The van der Waals surface area contributed by atoms with Gasteiger partial charge in [0.2, 0.25) is 0 Å². The molecule has 4 heterocycles. The minimum atomic E-state index is 0.427. The van der Waals surface area contributed by atoms with E-state index in [2.05, 4.69) is 46.6 Å². The highest BCUT2D eigenvalue weighted by Crippen LogP contribution is 2.36. The molecule has 2 fully saturated rings. The lowest BCUT2D eigenvalue weighted by atomic mass is 10.1. The highest BCUT2D eigenvalue weighted by atomic mass is 16.5. The molecule has 1 aromatic heterocycles. The van der Waals surface area contributed by atoms with Crippen LogP contribution in [0.5, 0.6) is 5.75 Å². The van der Waals surface area contributed by atoms with Gasteiger partial charge in [0, 0.05) is 57.9 Å². The van der Waals surface area contributed by atoms with Crippen molar-refractivity contribution < 1.29 is 4.74 Å². The van der Waals surface area contributed by atoms with Gasteiger partial charge in [0.1, 0.15) is 6.61 Å². The van der Waals surface area contributed by atoms with Crippen molar-refractivity contribution in [2.24, 2.45) is 0 Å². The monoisotopic (exact) mass is 331 g/mol. The van der Waals surface area contributed by atoms with Crippen LogP contribution >= 0.6 is 0 Å². The predicted molar refractivity (Wildman–Crippen MR) is 97.3 cm³/mol. The van der Waals surface area contributed by atoms with Crippen molar-refractivity contribution in [2.75, 3.05) is 69.3 Å². The average molecular weight is 331 g/mol. The van der Waals surface area contributed by atoms with Crippen molar-refractivity contribution >= 4 is 11.5 Å². The minimum absolute atomic E-state index is 0.427. The molecule has 1 aromatic rings. The molecular weight excluding hydrogens is 302 g/mol. The van der Waals surface area contributed by atoms with Gasteiger partial charge in [0.15, 0.2) is 11.6 Å². The van der Waals surface area contributed by atoms with Gasteiger partial charge in [0.25, 0.3) is 0 Å². The number of piperazine rings is 2. The van der Waals surface area contributed by atoms with E-state index in [0.29, 0.717) is 12.1 Å². The third kappa shape index (κ3) is 2.93. The van der Waals surface area contributed by atoms with E-state index in [4.69, 9.17) is 9.72 Å². The molecule has 4 rings (SSSR count). The number of nitrogens with zero attached hydrogens (tertiary/aromatic N) is 5. The zero-order valence-corrected chi connectivity index (χ0v) is 15.1. The first-order valence-corrected chi connectivity index (χ1v) is 9.19. The molecule has 0 spiro atoms. The predicted octanol–water partition coefficient (Wildman–Crippen LogP) is 1.12. The van der Waals surface area contributed by atoms with Crippen molar-refractivity contribution in [3.05, 3.63) is 12.3 Å². The zero-order valence-electron chi connectivity index (χ0n) is 15.1. The second kappa shape index (κ2) is 6.41. The summed E-state index contributed by atoms with van der Waals surface area (Å²) in [5.41, 5.74) is 1.20. The molecule has 0 aliphatic carbocycles. The van der Waals surface area contributed by atoms with E-state index < -0.39 is 0 Å². The second-order valence-corrected chi connectivity index (χ2v) is 7.55. The number of ether oxygens (including phenoxy) is 1. The van der Waals surface area contributed by atoms with Gasteiger partial charge in [0.05, 0.1) is 17.9 Å². The number of anilines is 2. The summed E-state index contributed by atoms with van der Waals surface area (Å²) in [6, 6.07) is 3.22. The summed E-state index contributed by atoms with van der Waals surface area (Å²) >= 11 is 0. The molecule has 1 atom stereocenters. The largest absolute Gasteiger partial charge is 0.487 e. The molecule has 0 amide bonds. The quantitative estimate of drug-likeness (QED) is 0.808. The summed E-state index contributed by atoms with van der Waals surface area (Å²) in [5.74, 6) is 1.99. The SMILES string of the molecule is CC(C)N1CCN2c3ncc(N4CCN(C)CC4)cc3OC[C@H]2C1. The van der Waals surface area contributed by atoms with E-state index in [1.54, 1.807) is 0 Å². The first kappa shape index (κ1) is 16.0. The van der Waals surface area contributed by atoms with E-state index in [1.807, 2.05) is 6.20 Å². The highest BCUT2D eigenvalue weighted by Gasteiger charge is 2.34. The summed E-state index contributed by atoms with van der Waals surface area (Å²) in [6.45, 7) is 12.9. The van der Waals surface area contributed by atoms with Gasteiger partial charge >= 0.3 is 0 Å². The van der Waals surface area contributed by atoms with Crippen LogP contribution in [0, 0.1) is 0 Å². The van der Waals surface area contributed by atoms with Crippen molar-refractivity contribution in [1.29, 1.82) is 0 Å². The lowest BCUT2D eigenvalue weighted by Gasteiger charge is -2.46. The highest BCUT2D eigenvalue weighted by molar-refractivity contribution is 5.62. The van der Waals surface area contributed by atoms with Gasteiger partial charge < -0.3 is 19.4 Å². The molecule has 0 N–H and O–H groups in total. The summed E-state index contributed by atoms with van der Waals surface area (Å²) in [4.78, 5) is 14.6. The number of hydrogen-bond donors (Lipinski definition) is 0. The molecule has 6 heteroatoms. The first-order valence-electron chi connectivity index (χ1n) is 9.19. The summed E-state index contributed by atoms with van der Waals surface area (Å²) < 4.78 is 6.11. The van der Waals surface area contributed by atoms with Crippen LogP contribution in [-0.2, 0) is 0 Å². The lowest BCUT2D eigenvalue weighted by Crippen LogP contribution is -2.58. The van der Waals surface area contributed by atoms with Crippen LogP contribution in [0.4, 0.5) is 11.5 Å². The van der Waals surface area contributed by atoms with Gasteiger partial charge in [-0.25, -0.2) is 4.98 Å². The van der Waals surface area contributed by atoms with Gasteiger partial charge in [-0.1, -0.05) is 0 Å². The van der Waals surface area contributed by atoms with Crippen LogP contribution in [0.15, 0.2) is 12.3 Å². The molecule has 0 saturated carbocycles. The third-order valence-electron chi connectivity index (χ3n) is 5.63. The average Bonchev–Trinajstić information content (AvgIpc) is 2.61. The van der Waals surface area contributed by atoms with Crippen LogP contribution in [-0.4, -0.2) is 86.3 Å². The molecule has 3 aliphatic heterocycles. The number of aromatic nitrogens is 1. The Morgan fingerprint density at radius 3 is 2.67 bits per heavy atom. The van der Waals surface area contributed by atoms with Gasteiger partial charge in [-0.3, -0.25) is 4.90 Å². The molecule has 3 aliphatic rings. The van der Waals surface area contributed by atoms with E-state index in [9.17, 15) is 0 Å². The molecule has 24 heavy (non-hydrogen) atoms. The fraction of sp³-hybridized carbons (Fsp3) is 0.722. The van der Waals surface area contributed by atoms with E-state index in [0.717, 1.165) is 64.0 Å². The molecular formula is C18H29N5O. The van der Waals surface area contributed by atoms with Gasteiger partial charge in [-0.15, -0.1) is 0 Å². The number of hydrogen-bond acceptors (Lipinski definition) is 6. The molecule has 2 saturated heterocycles. The second-order valence-electron chi connectivity index (χ2n) is 7.55. The van der Waals surface area contributed by atoms with Crippen LogP contribution in [0.25, 0.3) is 0 Å². The maximum Gasteiger partial charge on any atom is 0.171 e. The molecule has 132 valence electrons. The fourth-order valence-electron chi connectivity index (χ4n) is 3.94. The Morgan fingerprint density at radius 1 is 1.12 bits per heavy atom. The number of likely N-dealkylation sites (N-methyl/N-ethyl adjacent to an activating group) is 1. The number of rotatable bonds is 2. The van der Waals surface area contributed by atoms with Crippen LogP contribution < -0.4 is 14.5 Å². The summed E-state index contributed by atoms with van der Waals surface area (Å²) in [5, 5.41) is 0. The van der Waals surface area contributed by atoms with E-state index >= 15 is 0 Å². The molecule has 0 radical (unpaired) electrons. The Labute approximate surface area is 145 Å². The van der Waals surface area contributed by atoms with E-state index in [1.165, 1.54) is 5.69 Å². The van der Waals surface area contributed by atoms with Crippen molar-refractivity contribution in [2.45, 2.75) is 25.9 Å². The maximum absolute atomic E-state index is 6.11. The van der Waals surface area contributed by atoms with Crippen molar-refractivity contribution in [3.8, 4) is 5.75 Å². The zero-order chi connectivity index (χ0) is 16.7. The molecule has 0 unspecified atom stereocenters. The van der Waals surface area contributed by atoms with Crippen molar-refractivity contribution in [1.82, 2.24) is 14.8 Å². The summed E-state index contributed by atoms with van der Waals surface area (Å²) in [7, 11) is 2.18. The normalized spacial score (nSPS) is 25.4. The standard InChI is InChI=1S/C18H29N5O/c1-14(2)22-8-9-23-16(12-22)13-24-17-10-15(11-19-18(17)23)21-6-4-20(3)5-7-21/h10-11,14,16H,4-9,12-13H2,1-3H3/t16-/m1/s1. The van der Waals surface area contributed by atoms with Crippen LogP contribution in [0.2, 0.25) is 0 Å². The Balaban J connectivity index is 1.51. The Kier molecular flexibility index (Phi) is 4.26. The summed E-state index contributed by atoms with van der Waals surface area (Å²) in [6.07, 6.45) is 2.03. The first-order chi connectivity index (χ1) is 11.6. The van der Waals surface area contributed by atoms with E-state index in [-0.39, 0.29) is 0 Å². The number of fused-ring (bicyclic) bond motifs is 3. The maximum atomic E-state index is 6.11. The Bertz CT molecular complexity index is 585. The van der Waals surface area contributed by atoms with Crippen LogP contribution in [0.3, 0.4) is 0 Å². The number of pyridine rings is 1. The van der Waals surface area contributed by atoms with Gasteiger partial charge in [-0.2, -0.15) is 0 Å². The molecule has 6 nitrogen and oxygen atoms in total.